The fourth-order valence-corrected chi connectivity index (χ4v) is 2.67. The van der Waals surface area contributed by atoms with Gasteiger partial charge in [0.1, 0.15) is 0 Å². The summed E-state index contributed by atoms with van der Waals surface area (Å²) < 4.78 is 5.11. The van der Waals surface area contributed by atoms with Crippen molar-refractivity contribution in [2.24, 2.45) is 0 Å². The van der Waals surface area contributed by atoms with E-state index in [9.17, 15) is 9.59 Å². The quantitative estimate of drug-likeness (QED) is 0.833. The first-order chi connectivity index (χ1) is 11.4. The lowest BCUT2D eigenvalue weighted by Crippen LogP contribution is -2.31. The van der Waals surface area contributed by atoms with E-state index in [1.165, 1.54) is 0 Å². The molecule has 0 unspecified atom stereocenters. The molecule has 2 aromatic rings. The molecule has 0 aliphatic heterocycles. The molecule has 1 atom stereocenters. The van der Waals surface area contributed by atoms with Gasteiger partial charge in [-0.15, -0.1) is 0 Å². The van der Waals surface area contributed by atoms with E-state index in [0.717, 1.165) is 16.7 Å². The molecule has 0 aliphatic carbocycles. The van der Waals surface area contributed by atoms with Crippen LogP contribution in [0.15, 0.2) is 42.5 Å². The minimum atomic E-state index is -0.503. The standard InChI is InChI=1S/C19H20ClNO3/c1-12-7-6-9-15(13(12)2)19(23)24-11-18(22)21-14(3)16-8-4-5-10-17(16)20/h4-10,14H,11H2,1-3H3,(H,21,22)/t14-/m1/s1. The van der Waals surface area contributed by atoms with Crippen LogP contribution in [0.1, 0.15) is 40.0 Å². The van der Waals surface area contributed by atoms with Crippen molar-refractivity contribution in [3.05, 3.63) is 69.7 Å². The first kappa shape index (κ1) is 18.0. The van der Waals surface area contributed by atoms with Crippen LogP contribution in [0, 0.1) is 13.8 Å². The predicted molar refractivity (Wildman–Crippen MR) is 94.2 cm³/mol. The van der Waals surface area contributed by atoms with Crippen molar-refractivity contribution in [2.45, 2.75) is 26.8 Å². The van der Waals surface area contributed by atoms with E-state index in [2.05, 4.69) is 5.32 Å². The molecule has 0 aliphatic rings. The average molecular weight is 346 g/mol. The minimum absolute atomic E-state index is 0.273. The van der Waals surface area contributed by atoms with Crippen LogP contribution in [0.25, 0.3) is 0 Å². The monoisotopic (exact) mass is 345 g/mol. The van der Waals surface area contributed by atoms with Gasteiger partial charge < -0.3 is 10.1 Å². The Bertz CT molecular complexity index is 758. The Morgan fingerprint density at radius 3 is 2.54 bits per heavy atom. The highest BCUT2D eigenvalue weighted by atomic mass is 35.5. The van der Waals surface area contributed by atoms with Gasteiger partial charge in [0.2, 0.25) is 0 Å². The zero-order valence-electron chi connectivity index (χ0n) is 13.9. The molecular weight excluding hydrogens is 326 g/mol. The van der Waals surface area contributed by atoms with Gasteiger partial charge in [-0.25, -0.2) is 4.79 Å². The summed E-state index contributed by atoms with van der Waals surface area (Å²) >= 11 is 6.11. The Morgan fingerprint density at radius 2 is 1.83 bits per heavy atom. The average Bonchev–Trinajstić information content (AvgIpc) is 2.55. The summed E-state index contributed by atoms with van der Waals surface area (Å²) in [6, 6.07) is 12.4. The van der Waals surface area contributed by atoms with Crippen LogP contribution in [0.2, 0.25) is 5.02 Å². The van der Waals surface area contributed by atoms with Gasteiger partial charge in [-0.3, -0.25) is 4.79 Å². The minimum Gasteiger partial charge on any atom is -0.452 e. The lowest BCUT2D eigenvalue weighted by molar-refractivity contribution is -0.124. The van der Waals surface area contributed by atoms with Crippen LogP contribution in [-0.4, -0.2) is 18.5 Å². The van der Waals surface area contributed by atoms with E-state index in [0.29, 0.717) is 10.6 Å². The number of hydrogen-bond donors (Lipinski definition) is 1. The number of hydrogen-bond acceptors (Lipinski definition) is 3. The highest BCUT2D eigenvalue weighted by Gasteiger charge is 2.16. The topological polar surface area (TPSA) is 55.4 Å². The third-order valence-corrected chi connectivity index (χ3v) is 4.25. The van der Waals surface area contributed by atoms with Crippen LogP contribution < -0.4 is 5.32 Å². The smallest absolute Gasteiger partial charge is 0.338 e. The molecule has 0 heterocycles. The zero-order valence-corrected chi connectivity index (χ0v) is 14.7. The number of halogens is 1. The summed E-state index contributed by atoms with van der Waals surface area (Å²) in [5.41, 5.74) is 3.14. The number of nitrogens with one attached hydrogen (secondary N) is 1. The Labute approximate surface area is 146 Å². The molecule has 0 saturated carbocycles. The Morgan fingerprint density at radius 1 is 1.12 bits per heavy atom. The Hall–Kier alpha value is -2.33. The van der Waals surface area contributed by atoms with Crippen molar-refractivity contribution in [2.75, 3.05) is 6.61 Å². The first-order valence-electron chi connectivity index (χ1n) is 7.67. The Kier molecular flexibility index (Phi) is 5.99. The van der Waals surface area contributed by atoms with Gasteiger partial charge in [0.05, 0.1) is 11.6 Å². The maximum absolute atomic E-state index is 12.1. The van der Waals surface area contributed by atoms with Gasteiger partial charge in [0.15, 0.2) is 6.61 Å². The lowest BCUT2D eigenvalue weighted by Gasteiger charge is -2.16. The number of rotatable bonds is 5. The van der Waals surface area contributed by atoms with Gasteiger partial charge >= 0.3 is 5.97 Å². The predicted octanol–water partition coefficient (Wildman–Crippen LogP) is 3.99. The van der Waals surface area contributed by atoms with Crippen molar-refractivity contribution in [3.63, 3.8) is 0 Å². The molecule has 126 valence electrons. The van der Waals surface area contributed by atoms with E-state index in [-0.39, 0.29) is 18.6 Å². The molecule has 0 saturated heterocycles. The molecule has 0 aromatic heterocycles. The van der Waals surface area contributed by atoms with E-state index in [1.54, 1.807) is 18.2 Å². The van der Waals surface area contributed by atoms with Gasteiger partial charge in [-0.05, 0) is 49.6 Å². The fraction of sp³-hybridized carbons (Fsp3) is 0.263. The van der Waals surface area contributed by atoms with E-state index < -0.39 is 5.97 Å². The number of esters is 1. The highest BCUT2D eigenvalue weighted by molar-refractivity contribution is 6.31. The fourth-order valence-electron chi connectivity index (χ4n) is 2.37. The second-order valence-corrected chi connectivity index (χ2v) is 6.04. The molecule has 2 aromatic carbocycles. The number of amides is 1. The largest absolute Gasteiger partial charge is 0.452 e. The first-order valence-corrected chi connectivity index (χ1v) is 8.05. The zero-order chi connectivity index (χ0) is 17.7. The third kappa shape index (κ3) is 4.36. The number of carbonyl (C=O) groups excluding carboxylic acids is 2. The second-order valence-electron chi connectivity index (χ2n) is 5.63. The lowest BCUT2D eigenvalue weighted by atomic mass is 10.0. The van der Waals surface area contributed by atoms with Crippen molar-refractivity contribution in [1.29, 1.82) is 0 Å². The van der Waals surface area contributed by atoms with Crippen LogP contribution in [0.5, 0.6) is 0 Å². The third-order valence-electron chi connectivity index (χ3n) is 3.91. The van der Waals surface area contributed by atoms with Crippen molar-refractivity contribution >= 4 is 23.5 Å². The number of aryl methyl sites for hydroxylation is 1. The summed E-state index contributed by atoms with van der Waals surface area (Å²) in [6.07, 6.45) is 0. The molecule has 0 radical (unpaired) electrons. The molecule has 24 heavy (non-hydrogen) atoms. The maximum atomic E-state index is 12.1. The van der Waals surface area contributed by atoms with E-state index in [4.69, 9.17) is 16.3 Å². The summed E-state index contributed by atoms with van der Waals surface area (Å²) in [5.74, 6) is -0.877. The van der Waals surface area contributed by atoms with Crippen molar-refractivity contribution in [3.8, 4) is 0 Å². The molecule has 0 bridgehead atoms. The van der Waals surface area contributed by atoms with Crippen LogP contribution in [0.3, 0.4) is 0 Å². The van der Waals surface area contributed by atoms with Gasteiger partial charge in [-0.1, -0.05) is 41.9 Å². The Balaban J connectivity index is 1.92. The van der Waals surface area contributed by atoms with Crippen LogP contribution in [0.4, 0.5) is 0 Å². The van der Waals surface area contributed by atoms with E-state index in [1.807, 2.05) is 45.0 Å². The van der Waals surface area contributed by atoms with Gasteiger partial charge in [0, 0.05) is 5.02 Å². The highest BCUT2D eigenvalue weighted by Crippen LogP contribution is 2.22. The molecule has 0 fully saturated rings. The van der Waals surface area contributed by atoms with E-state index >= 15 is 0 Å². The number of carbonyl (C=O) groups is 2. The summed E-state index contributed by atoms with van der Waals surface area (Å²) in [7, 11) is 0. The molecule has 1 amide bonds. The van der Waals surface area contributed by atoms with Gasteiger partial charge in [0.25, 0.3) is 5.91 Å². The second kappa shape index (κ2) is 7.97. The van der Waals surface area contributed by atoms with Crippen molar-refractivity contribution < 1.29 is 14.3 Å². The van der Waals surface area contributed by atoms with Crippen LogP contribution in [-0.2, 0) is 9.53 Å². The molecular formula is C19H20ClNO3. The summed E-state index contributed by atoms with van der Waals surface area (Å²) in [6.45, 7) is 5.27. The molecule has 5 heteroatoms. The van der Waals surface area contributed by atoms with Crippen LogP contribution >= 0.6 is 11.6 Å². The molecule has 2 rings (SSSR count). The van der Waals surface area contributed by atoms with Gasteiger partial charge in [-0.2, -0.15) is 0 Å². The van der Waals surface area contributed by atoms with Crippen molar-refractivity contribution in [1.82, 2.24) is 5.32 Å². The number of benzene rings is 2. The maximum Gasteiger partial charge on any atom is 0.338 e. The normalized spacial score (nSPS) is 11.7. The SMILES string of the molecule is Cc1cccc(C(=O)OCC(=O)N[C@H](C)c2ccccc2Cl)c1C. The molecule has 0 spiro atoms. The molecule has 1 N–H and O–H groups in total. The summed E-state index contributed by atoms with van der Waals surface area (Å²) in [5, 5.41) is 3.35. The molecule has 4 nitrogen and oxygen atoms in total. The number of ether oxygens (including phenoxy) is 1. The summed E-state index contributed by atoms with van der Waals surface area (Å²) in [4.78, 5) is 24.1.